The molecule has 82 valence electrons. The normalized spacial score (nSPS) is 45.6. The molecule has 2 aliphatic rings. The predicted octanol–water partition coefficient (Wildman–Crippen LogP) is 0.975. The highest BCUT2D eigenvalue weighted by atomic mass is 16.5. The summed E-state index contributed by atoms with van der Waals surface area (Å²) in [6.07, 6.45) is 4.51. The number of hydrogen-bond acceptors (Lipinski definition) is 3. The maximum atomic E-state index is 6.12. The molecule has 1 aliphatic heterocycles. The molecule has 4 atom stereocenters. The molecule has 0 spiro atoms. The van der Waals surface area contributed by atoms with Gasteiger partial charge in [-0.1, -0.05) is 6.42 Å². The number of nitrogens with two attached hydrogens (primary N) is 1. The van der Waals surface area contributed by atoms with E-state index >= 15 is 0 Å². The van der Waals surface area contributed by atoms with Gasteiger partial charge < -0.3 is 10.5 Å². The van der Waals surface area contributed by atoms with Gasteiger partial charge in [-0.3, -0.25) is 4.90 Å². The van der Waals surface area contributed by atoms with E-state index in [9.17, 15) is 0 Å². The molecule has 1 heterocycles. The Morgan fingerprint density at radius 3 is 2.29 bits per heavy atom. The van der Waals surface area contributed by atoms with Crippen LogP contribution in [0, 0.1) is 0 Å². The Bertz CT molecular complexity index is 188. The molecule has 0 aromatic carbocycles. The minimum Gasteiger partial charge on any atom is -0.373 e. The Kier molecular flexibility index (Phi) is 3.10. The van der Waals surface area contributed by atoms with Crippen molar-refractivity contribution >= 4 is 0 Å². The van der Waals surface area contributed by atoms with Crippen molar-refractivity contribution in [2.24, 2.45) is 5.73 Å². The van der Waals surface area contributed by atoms with Gasteiger partial charge >= 0.3 is 0 Å². The lowest BCUT2D eigenvalue weighted by Crippen LogP contribution is -2.53. The summed E-state index contributed by atoms with van der Waals surface area (Å²) >= 11 is 0. The molecule has 3 heteroatoms. The van der Waals surface area contributed by atoms with E-state index in [1.165, 1.54) is 19.3 Å². The smallest absolute Gasteiger partial charge is 0.0678 e. The minimum atomic E-state index is 0.367. The van der Waals surface area contributed by atoms with Crippen LogP contribution in [0.15, 0.2) is 0 Å². The molecule has 0 aromatic rings. The molecule has 0 amide bonds. The number of hydrogen-bond donors (Lipinski definition) is 1. The Hall–Kier alpha value is -0.120. The summed E-state index contributed by atoms with van der Waals surface area (Å²) in [4.78, 5) is 2.54. The van der Waals surface area contributed by atoms with Crippen molar-refractivity contribution in [3.05, 3.63) is 0 Å². The second-order valence-corrected chi connectivity index (χ2v) is 4.87. The zero-order valence-electron chi connectivity index (χ0n) is 9.28. The third kappa shape index (κ3) is 2.10. The fraction of sp³-hybridized carbons (Fsp3) is 1.00. The predicted molar refractivity (Wildman–Crippen MR) is 57.2 cm³/mol. The first-order chi connectivity index (χ1) is 6.66. The number of nitrogens with zero attached hydrogens (tertiary/aromatic N) is 1. The van der Waals surface area contributed by atoms with Gasteiger partial charge in [0.1, 0.15) is 0 Å². The van der Waals surface area contributed by atoms with E-state index in [4.69, 9.17) is 10.5 Å². The van der Waals surface area contributed by atoms with E-state index < -0.39 is 0 Å². The van der Waals surface area contributed by atoms with Crippen LogP contribution in [-0.2, 0) is 4.74 Å². The summed E-state index contributed by atoms with van der Waals surface area (Å²) in [5.74, 6) is 0. The SMILES string of the molecule is C[C@@H]1CN(C2CCCC2N)C[C@H](C)O1. The third-order valence-corrected chi connectivity index (χ3v) is 3.45. The Morgan fingerprint density at radius 1 is 1.14 bits per heavy atom. The van der Waals surface area contributed by atoms with Crippen LogP contribution in [0.2, 0.25) is 0 Å². The van der Waals surface area contributed by atoms with Gasteiger partial charge in [0.05, 0.1) is 12.2 Å². The average Bonchev–Trinajstić information content (AvgIpc) is 2.49. The zero-order valence-corrected chi connectivity index (χ0v) is 9.28. The summed E-state index contributed by atoms with van der Waals surface area (Å²) in [6.45, 7) is 6.43. The van der Waals surface area contributed by atoms with Crippen molar-refractivity contribution < 1.29 is 4.74 Å². The largest absolute Gasteiger partial charge is 0.373 e. The molecule has 1 saturated heterocycles. The monoisotopic (exact) mass is 198 g/mol. The van der Waals surface area contributed by atoms with Gasteiger partial charge in [-0.2, -0.15) is 0 Å². The fourth-order valence-electron chi connectivity index (χ4n) is 2.91. The average molecular weight is 198 g/mol. The van der Waals surface area contributed by atoms with E-state index in [0.717, 1.165) is 13.1 Å². The van der Waals surface area contributed by atoms with Crippen molar-refractivity contribution in [3.8, 4) is 0 Å². The molecule has 0 radical (unpaired) electrons. The van der Waals surface area contributed by atoms with Crippen LogP contribution >= 0.6 is 0 Å². The summed E-state index contributed by atoms with van der Waals surface area (Å²) in [5, 5.41) is 0. The number of morpholine rings is 1. The fourth-order valence-corrected chi connectivity index (χ4v) is 2.91. The molecule has 2 rings (SSSR count). The van der Waals surface area contributed by atoms with Crippen molar-refractivity contribution in [3.63, 3.8) is 0 Å². The van der Waals surface area contributed by atoms with Crippen molar-refractivity contribution in [2.45, 2.75) is 57.4 Å². The molecule has 3 nitrogen and oxygen atoms in total. The van der Waals surface area contributed by atoms with E-state index in [-0.39, 0.29) is 0 Å². The number of ether oxygens (including phenoxy) is 1. The first-order valence-corrected chi connectivity index (χ1v) is 5.82. The number of rotatable bonds is 1. The second-order valence-electron chi connectivity index (χ2n) is 4.87. The molecule has 0 aromatic heterocycles. The first-order valence-electron chi connectivity index (χ1n) is 5.82. The third-order valence-electron chi connectivity index (χ3n) is 3.45. The quantitative estimate of drug-likeness (QED) is 0.682. The molecule has 0 bridgehead atoms. The molecule has 2 unspecified atom stereocenters. The minimum absolute atomic E-state index is 0.367. The van der Waals surface area contributed by atoms with Gasteiger partial charge in [-0.15, -0.1) is 0 Å². The van der Waals surface area contributed by atoms with E-state index in [1.807, 2.05) is 0 Å². The van der Waals surface area contributed by atoms with Crippen LogP contribution in [0.4, 0.5) is 0 Å². The van der Waals surface area contributed by atoms with Gasteiger partial charge in [0.25, 0.3) is 0 Å². The Balaban J connectivity index is 1.95. The Labute approximate surface area is 86.6 Å². The molecule has 2 N–H and O–H groups in total. The maximum Gasteiger partial charge on any atom is 0.0678 e. The van der Waals surface area contributed by atoms with E-state index in [1.54, 1.807) is 0 Å². The van der Waals surface area contributed by atoms with Crippen LogP contribution in [0.25, 0.3) is 0 Å². The summed E-state index contributed by atoms with van der Waals surface area (Å²) < 4.78 is 5.73. The highest BCUT2D eigenvalue weighted by molar-refractivity contribution is 4.90. The summed E-state index contributed by atoms with van der Waals surface area (Å²) in [6, 6.07) is 1.01. The molecular weight excluding hydrogens is 176 g/mol. The van der Waals surface area contributed by atoms with Crippen LogP contribution in [0.3, 0.4) is 0 Å². The lowest BCUT2D eigenvalue weighted by Gasteiger charge is -2.40. The van der Waals surface area contributed by atoms with Gasteiger partial charge in [-0.25, -0.2) is 0 Å². The standard InChI is InChI=1S/C11H22N2O/c1-8-6-13(7-9(2)14-8)11-5-3-4-10(11)12/h8-11H,3-7,12H2,1-2H3/t8-,9+,10?,11?. The van der Waals surface area contributed by atoms with Crippen LogP contribution < -0.4 is 5.73 Å². The molecule has 2 fully saturated rings. The van der Waals surface area contributed by atoms with Crippen molar-refractivity contribution in [2.75, 3.05) is 13.1 Å². The van der Waals surface area contributed by atoms with Gasteiger partial charge in [0, 0.05) is 25.2 Å². The van der Waals surface area contributed by atoms with Crippen LogP contribution in [0.1, 0.15) is 33.1 Å². The topological polar surface area (TPSA) is 38.5 Å². The highest BCUT2D eigenvalue weighted by Gasteiger charge is 2.33. The molecule has 1 saturated carbocycles. The van der Waals surface area contributed by atoms with Crippen LogP contribution in [-0.4, -0.2) is 42.3 Å². The molecule has 1 aliphatic carbocycles. The Morgan fingerprint density at radius 2 is 1.79 bits per heavy atom. The zero-order chi connectivity index (χ0) is 10.1. The van der Waals surface area contributed by atoms with E-state index in [2.05, 4.69) is 18.7 Å². The van der Waals surface area contributed by atoms with Gasteiger partial charge in [-0.05, 0) is 26.7 Å². The van der Waals surface area contributed by atoms with Gasteiger partial charge in [0.2, 0.25) is 0 Å². The second kappa shape index (κ2) is 4.17. The lowest BCUT2D eigenvalue weighted by molar-refractivity contribution is -0.0810. The summed E-state index contributed by atoms with van der Waals surface area (Å²) in [7, 11) is 0. The van der Waals surface area contributed by atoms with Crippen molar-refractivity contribution in [1.29, 1.82) is 0 Å². The van der Waals surface area contributed by atoms with Gasteiger partial charge in [0.15, 0.2) is 0 Å². The lowest BCUT2D eigenvalue weighted by atomic mass is 10.1. The van der Waals surface area contributed by atoms with E-state index in [0.29, 0.717) is 24.3 Å². The first kappa shape index (κ1) is 10.4. The van der Waals surface area contributed by atoms with Crippen molar-refractivity contribution in [1.82, 2.24) is 4.90 Å². The summed E-state index contributed by atoms with van der Waals surface area (Å²) in [5.41, 5.74) is 6.12. The molecular formula is C11H22N2O. The molecule has 14 heavy (non-hydrogen) atoms. The highest BCUT2D eigenvalue weighted by Crippen LogP contribution is 2.25. The maximum absolute atomic E-state index is 6.12. The van der Waals surface area contributed by atoms with Crippen LogP contribution in [0.5, 0.6) is 0 Å².